The van der Waals surface area contributed by atoms with Crippen LogP contribution in [0.2, 0.25) is 0 Å². The normalized spacial score (nSPS) is 47.2. The Bertz CT molecular complexity index is 759. The van der Waals surface area contributed by atoms with Gasteiger partial charge in [0.25, 0.3) is 0 Å². The highest BCUT2D eigenvalue weighted by molar-refractivity contribution is 5.74. The minimum Gasteiger partial charge on any atom is -0.448 e. The van der Waals surface area contributed by atoms with Gasteiger partial charge >= 0.3 is 12.1 Å². The highest BCUT2D eigenvalue weighted by Gasteiger charge is 2.71. The van der Waals surface area contributed by atoms with E-state index in [1.807, 2.05) is 13.8 Å². The van der Waals surface area contributed by atoms with E-state index in [-0.39, 0.29) is 48.2 Å². The molecule has 32 heavy (non-hydrogen) atoms. The second kappa shape index (κ2) is 8.11. The first-order chi connectivity index (χ1) is 15.2. The van der Waals surface area contributed by atoms with Crippen LogP contribution in [-0.4, -0.2) is 60.4 Å². The number of esters is 1. The maximum absolute atomic E-state index is 12.8. The van der Waals surface area contributed by atoms with Crippen LogP contribution in [0, 0.1) is 29.6 Å². The number of rotatable bonds is 4. The van der Waals surface area contributed by atoms with Gasteiger partial charge in [-0.2, -0.15) is 0 Å². The highest BCUT2D eigenvalue weighted by Crippen LogP contribution is 2.61. The van der Waals surface area contributed by atoms with Gasteiger partial charge in [-0.25, -0.2) is 14.6 Å². The van der Waals surface area contributed by atoms with Gasteiger partial charge in [-0.05, 0) is 57.5 Å². The molecule has 0 aromatic heterocycles. The van der Waals surface area contributed by atoms with Crippen molar-refractivity contribution in [2.75, 3.05) is 19.7 Å². The summed E-state index contributed by atoms with van der Waals surface area (Å²) in [5.41, 5.74) is 4.54. The zero-order valence-electron chi connectivity index (χ0n) is 19.3. The maximum Gasteiger partial charge on any atom is 0.404 e. The van der Waals surface area contributed by atoms with E-state index in [4.69, 9.17) is 29.7 Å². The van der Waals surface area contributed by atoms with Crippen molar-refractivity contribution >= 4 is 12.1 Å². The molecule has 0 aromatic rings. The SMILES string of the molecule is C[C@H]1[C@@H](C(COC(N)=O)N2CCCCC2)C[C@H]2[C@@H](C)C(=O)O[C@@H]3O[C@@]4(C)CC[C@@H]1[C@]32OO4. The minimum absolute atomic E-state index is 0.0524. The number of nitrogens with zero attached hydrogens (tertiary/aromatic N) is 1. The van der Waals surface area contributed by atoms with Crippen molar-refractivity contribution in [2.45, 2.75) is 83.0 Å². The van der Waals surface area contributed by atoms with Gasteiger partial charge in [-0.3, -0.25) is 9.69 Å². The van der Waals surface area contributed by atoms with Crippen molar-refractivity contribution in [3.8, 4) is 0 Å². The van der Waals surface area contributed by atoms with E-state index in [0.29, 0.717) is 6.42 Å². The van der Waals surface area contributed by atoms with Gasteiger partial charge in [0.2, 0.25) is 12.1 Å². The van der Waals surface area contributed by atoms with E-state index in [9.17, 15) is 9.59 Å². The number of carbonyl (C=O) groups is 2. The van der Waals surface area contributed by atoms with Crippen LogP contribution in [0.5, 0.6) is 0 Å². The number of fused-ring (bicyclic) bond motifs is 2. The largest absolute Gasteiger partial charge is 0.448 e. The molecule has 180 valence electrons. The monoisotopic (exact) mass is 452 g/mol. The number of hydrogen-bond acceptors (Lipinski definition) is 8. The van der Waals surface area contributed by atoms with Crippen LogP contribution in [0.25, 0.3) is 0 Å². The molecule has 0 aromatic carbocycles. The third kappa shape index (κ3) is 3.43. The molecule has 9 nitrogen and oxygen atoms in total. The third-order valence-corrected chi connectivity index (χ3v) is 8.94. The van der Waals surface area contributed by atoms with E-state index < -0.39 is 23.8 Å². The van der Waals surface area contributed by atoms with Gasteiger partial charge in [0, 0.05) is 24.3 Å². The fraction of sp³-hybridized carbons (Fsp3) is 0.913. The molecule has 6 aliphatic rings. The fourth-order valence-corrected chi connectivity index (χ4v) is 7.21. The molecule has 1 unspecified atom stereocenters. The quantitative estimate of drug-likeness (QED) is 0.512. The molecule has 6 fully saturated rings. The van der Waals surface area contributed by atoms with Gasteiger partial charge in [-0.1, -0.05) is 20.3 Å². The summed E-state index contributed by atoms with van der Waals surface area (Å²) in [6.45, 7) is 8.25. The highest BCUT2D eigenvalue weighted by atomic mass is 17.3. The summed E-state index contributed by atoms with van der Waals surface area (Å²) in [5, 5.41) is 0. The summed E-state index contributed by atoms with van der Waals surface area (Å²) in [7, 11) is 0. The Balaban J connectivity index is 1.51. The molecule has 1 amide bonds. The molecular weight excluding hydrogens is 416 g/mol. The number of hydrogen-bond donors (Lipinski definition) is 1. The lowest BCUT2D eigenvalue weighted by molar-refractivity contribution is -0.560. The smallest absolute Gasteiger partial charge is 0.404 e. The maximum atomic E-state index is 12.8. The van der Waals surface area contributed by atoms with Crippen LogP contribution in [0.3, 0.4) is 0 Å². The number of primary amides is 1. The summed E-state index contributed by atoms with van der Waals surface area (Å²) < 4.78 is 17.4. The van der Waals surface area contributed by atoms with Crippen LogP contribution in [0.1, 0.15) is 59.3 Å². The average molecular weight is 453 g/mol. The zero-order valence-corrected chi connectivity index (χ0v) is 19.3. The lowest BCUT2D eigenvalue weighted by Crippen LogP contribution is -2.71. The molecule has 9 atom stereocenters. The molecule has 2 N–H and O–H groups in total. The summed E-state index contributed by atoms with van der Waals surface area (Å²) in [6.07, 6.45) is 4.26. The van der Waals surface area contributed by atoms with Gasteiger partial charge in [0.1, 0.15) is 6.61 Å². The van der Waals surface area contributed by atoms with E-state index in [0.717, 1.165) is 38.8 Å². The Morgan fingerprint density at radius 3 is 2.69 bits per heavy atom. The van der Waals surface area contributed by atoms with E-state index in [1.54, 1.807) is 0 Å². The molecule has 1 spiro atoms. The van der Waals surface area contributed by atoms with Crippen molar-refractivity contribution in [3.63, 3.8) is 0 Å². The number of carbonyl (C=O) groups excluding carboxylic acids is 2. The number of ether oxygens (including phenoxy) is 3. The molecule has 2 bridgehead atoms. The zero-order chi connectivity index (χ0) is 22.7. The second-order valence-corrected chi connectivity index (χ2v) is 10.6. The first-order valence-electron chi connectivity index (χ1n) is 12.2. The van der Waals surface area contributed by atoms with E-state index >= 15 is 0 Å². The first kappa shape index (κ1) is 22.4. The molecule has 5 saturated heterocycles. The minimum atomic E-state index is -0.921. The summed E-state index contributed by atoms with van der Waals surface area (Å²) >= 11 is 0. The fourth-order valence-electron chi connectivity index (χ4n) is 7.21. The van der Waals surface area contributed by atoms with Crippen molar-refractivity contribution < 1.29 is 33.6 Å². The first-order valence-corrected chi connectivity index (χ1v) is 12.2. The Labute approximate surface area is 189 Å². The van der Waals surface area contributed by atoms with Gasteiger partial charge in [0.05, 0.1) is 5.92 Å². The Hall–Kier alpha value is -1.42. The molecule has 5 heterocycles. The Morgan fingerprint density at radius 2 is 1.97 bits per heavy atom. The van der Waals surface area contributed by atoms with Crippen LogP contribution >= 0.6 is 0 Å². The summed E-state index contributed by atoms with van der Waals surface area (Å²) in [6, 6.07) is 0.0524. The van der Waals surface area contributed by atoms with Crippen molar-refractivity contribution in [3.05, 3.63) is 0 Å². The number of likely N-dealkylation sites (tertiary alicyclic amines) is 1. The van der Waals surface area contributed by atoms with Gasteiger partial charge in [-0.15, -0.1) is 0 Å². The van der Waals surface area contributed by atoms with E-state index in [2.05, 4.69) is 11.8 Å². The molecule has 6 rings (SSSR count). The Morgan fingerprint density at radius 1 is 1.22 bits per heavy atom. The predicted molar refractivity (Wildman–Crippen MR) is 112 cm³/mol. The van der Waals surface area contributed by atoms with Crippen molar-refractivity contribution in [2.24, 2.45) is 35.3 Å². The van der Waals surface area contributed by atoms with Gasteiger partial charge in [0.15, 0.2) is 5.60 Å². The topological polar surface area (TPSA) is 110 Å². The number of amides is 1. The van der Waals surface area contributed by atoms with Crippen LogP contribution in [0.15, 0.2) is 0 Å². The van der Waals surface area contributed by atoms with Gasteiger partial charge < -0.3 is 19.9 Å². The molecular formula is C23H36N2O7. The van der Waals surface area contributed by atoms with E-state index in [1.165, 1.54) is 6.42 Å². The predicted octanol–water partition coefficient (Wildman–Crippen LogP) is 2.57. The van der Waals surface area contributed by atoms with Crippen LogP contribution in [-0.2, 0) is 28.8 Å². The summed E-state index contributed by atoms with van der Waals surface area (Å²) in [4.78, 5) is 38.8. The standard InChI is InChI=1S/C23H36N2O7/c1-13-15(18(12-28-21(24)27)25-9-5-4-6-10-25)11-17-14(2)19(26)29-20-23(17)16(13)7-8-22(3,30-20)31-32-23/h13-18,20H,4-12H2,1-3H3,(H2,24,27)/t13-,14+,15-,16-,17-,18?,20+,22+,23+/m0/s1. The average Bonchev–Trinajstić information content (AvgIpc) is 2.99. The lowest BCUT2D eigenvalue weighted by Gasteiger charge is -2.60. The lowest BCUT2D eigenvalue weighted by atomic mass is 9.53. The second-order valence-electron chi connectivity index (χ2n) is 10.6. The number of piperidine rings is 1. The number of nitrogens with two attached hydrogens (primary N) is 1. The third-order valence-electron chi connectivity index (χ3n) is 8.94. The molecule has 5 aliphatic heterocycles. The summed E-state index contributed by atoms with van der Waals surface area (Å²) in [5.74, 6) is -1.07. The van der Waals surface area contributed by atoms with Crippen molar-refractivity contribution in [1.82, 2.24) is 4.90 Å². The molecule has 9 heteroatoms. The Kier molecular flexibility index (Phi) is 5.67. The van der Waals surface area contributed by atoms with Crippen molar-refractivity contribution in [1.29, 1.82) is 0 Å². The van der Waals surface area contributed by atoms with Crippen LogP contribution in [0.4, 0.5) is 4.79 Å². The molecule has 0 radical (unpaired) electrons. The molecule has 1 aliphatic carbocycles. The van der Waals surface area contributed by atoms with Crippen LogP contribution < -0.4 is 5.73 Å². The molecule has 1 saturated carbocycles.